The van der Waals surface area contributed by atoms with E-state index in [-0.39, 0.29) is 5.56 Å². The average molecular weight is 273 g/mol. The van der Waals surface area contributed by atoms with Crippen molar-refractivity contribution < 1.29 is 4.42 Å². The zero-order chi connectivity index (χ0) is 13.2. The molecule has 1 aromatic carbocycles. The summed E-state index contributed by atoms with van der Waals surface area (Å²) in [6.45, 7) is 0. The number of aromatic nitrogens is 2. The van der Waals surface area contributed by atoms with E-state index in [4.69, 9.17) is 10.2 Å². The second kappa shape index (κ2) is 4.81. The summed E-state index contributed by atoms with van der Waals surface area (Å²) in [6.07, 6.45) is 1.62. The summed E-state index contributed by atoms with van der Waals surface area (Å²) in [6, 6.07) is 8.82. The van der Waals surface area contributed by atoms with Crippen molar-refractivity contribution in [1.82, 2.24) is 9.97 Å². The van der Waals surface area contributed by atoms with Crippen LogP contribution in [-0.2, 0) is 5.75 Å². The van der Waals surface area contributed by atoms with Crippen molar-refractivity contribution in [3.63, 3.8) is 0 Å². The molecule has 3 N–H and O–H groups in total. The number of nitrogens with two attached hydrogens (primary N) is 1. The van der Waals surface area contributed by atoms with Gasteiger partial charge in [0.05, 0.1) is 22.9 Å². The molecule has 2 aromatic heterocycles. The molecule has 96 valence electrons. The Kier molecular flexibility index (Phi) is 3.00. The Bertz CT molecular complexity index is 765. The van der Waals surface area contributed by atoms with E-state index in [9.17, 15) is 4.79 Å². The van der Waals surface area contributed by atoms with E-state index in [1.165, 1.54) is 11.8 Å². The zero-order valence-electron chi connectivity index (χ0n) is 9.92. The van der Waals surface area contributed by atoms with Gasteiger partial charge in [0.2, 0.25) is 0 Å². The van der Waals surface area contributed by atoms with Gasteiger partial charge in [-0.25, -0.2) is 4.98 Å². The molecule has 0 unspecified atom stereocenters. The normalized spacial score (nSPS) is 10.9. The van der Waals surface area contributed by atoms with Crippen LogP contribution in [0.15, 0.2) is 51.0 Å². The quantitative estimate of drug-likeness (QED) is 0.435. The number of furan rings is 1. The molecular weight excluding hydrogens is 262 g/mol. The lowest BCUT2D eigenvalue weighted by molar-refractivity contribution is 0.530. The molecule has 0 amide bonds. The van der Waals surface area contributed by atoms with Crippen LogP contribution in [0.3, 0.4) is 0 Å². The Morgan fingerprint density at radius 3 is 3.05 bits per heavy atom. The van der Waals surface area contributed by atoms with E-state index in [0.717, 1.165) is 5.76 Å². The minimum Gasteiger partial charge on any atom is -0.468 e. The van der Waals surface area contributed by atoms with Gasteiger partial charge in [-0.2, -0.15) is 0 Å². The number of H-pyrrole nitrogens is 1. The summed E-state index contributed by atoms with van der Waals surface area (Å²) >= 11 is 1.42. The first-order valence-electron chi connectivity index (χ1n) is 5.67. The van der Waals surface area contributed by atoms with Gasteiger partial charge < -0.3 is 15.1 Å². The van der Waals surface area contributed by atoms with E-state index < -0.39 is 0 Å². The van der Waals surface area contributed by atoms with Gasteiger partial charge in [-0.3, -0.25) is 4.79 Å². The van der Waals surface area contributed by atoms with Gasteiger partial charge in [0.25, 0.3) is 5.56 Å². The fourth-order valence-corrected chi connectivity index (χ4v) is 2.51. The number of thioether (sulfide) groups is 1. The van der Waals surface area contributed by atoms with Crippen molar-refractivity contribution in [3.05, 3.63) is 52.7 Å². The van der Waals surface area contributed by atoms with Crippen LogP contribution in [0.5, 0.6) is 0 Å². The summed E-state index contributed by atoms with van der Waals surface area (Å²) in [4.78, 5) is 19.1. The average Bonchev–Trinajstić information content (AvgIpc) is 2.90. The second-order valence-corrected chi connectivity index (χ2v) is 4.98. The molecule has 0 spiro atoms. The third kappa shape index (κ3) is 2.48. The molecule has 19 heavy (non-hydrogen) atoms. The number of anilines is 1. The molecule has 0 saturated heterocycles. The first-order chi connectivity index (χ1) is 9.22. The van der Waals surface area contributed by atoms with Crippen molar-refractivity contribution in [2.24, 2.45) is 0 Å². The first-order valence-corrected chi connectivity index (χ1v) is 6.66. The maximum atomic E-state index is 11.9. The standard InChI is InChI=1S/C13H11N3O2S/c14-8-3-4-11-10(6-8)12(17)16-13(15-11)19-7-9-2-1-5-18-9/h1-6H,7,14H2,(H,15,16,17). The Labute approximate surface area is 112 Å². The molecule has 3 aromatic rings. The maximum absolute atomic E-state index is 11.9. The van der Waals surface area contributed by atoms with E-state index in [2.05, 4.69) is 9.97 Å². The highest BCUT2D eigenvalue weighted by Gasteiger charge is 2.06. The lowest BCUT2D eigenvalue weighted by Crippen LogP contribution is -2.09. The lowest BCUT2D eigenvalue weighted by atomic mass is 10.2. The van der Waals surface area contributed by atoms with Crippen molar-refractivity contribution >= 4 is 28.4 Å². The zero-order valence-corrected chi connectivity index (χ0v) is 10.7. The summed E-state index contributed by atoms with van der Waals surface area (Å²) in [5, 5.41) is 1.07. The van der Waals surface area contributed by atoms with Gasteiger partial charge in [-0.1, -0.05) is 11.8 Å². The number of rotatable bonds is 3. The molecule has 0 atom stereocenters. The summed E-state index contributed by atoms with van der Waals surface area (Å²) < 4.78 is 5.23. The number of nitrogens with one attached hydrogen (secondary N) is 1. The monoisotopic (exact) mass is 273 g/mol. The number of benzene rings is 1. The van der Waals surface area contributed by atoms with E-state index in [0.29, 0.717) is 27.5 Å². The fourth-order valence-electron chi connectivity index (χ4n) is 1.74. The number of aromatic amines is 1. The van der Waals surface area contributed by atoms with Crippen molar-refractivity contribution in [3.8, 4) is 0 Å². The summed E-state index contributed by atoms with van der Waals surface area (Å²) in [7, 11) is 0. The van der Waals surface area contributed by atoms with Gasteiger partial charge >= 0.3 is 0 Å². The van der Waals surface area contributed by atoms with Crippen LogP contribution in [0.25, 0.3) is 10.9 Å². The van der Waals surface area contributed by atoms with Crippen LogP contribution < -0.4 is 11.3 Å². The van der Waals surface area contributed by atoms with Crippen LogP contribution in [-0.4, -0.2) is 9.97 Å². The van der Waals surface area contributed by atoms with Crippen molar-refractivity contribution in [2.45, 2.75) is 10.9 Å². The molecule has 0 aliphatic carbocycles. The lowest BCUT2D eigenvalue weighted by Gasteiger charge is -2.02. The summed E-state index contributed by atoms with van der Waals surface area (Å²) in [5.74, 6) is 1.46. The third-order valence-corrected chi connectivity index (χ3v) is 3.53. The largest absolute Gasteiger partial charge is 0.468 e. The van der Waals surface area contributed by atoms with Crippen LogP contribution in [0.4, 0.5) is 5.69 Å². The molecule has 6 heteroatoms. The highest BCUT2D eigenvalue weighted by atomic mass is 32.2. The predicted molar refractivity (Wildman–Crippen MR) is 75.0 cm³/mol. The van der Waals surface area contributed by atoms with Crippen LogP contribution in [0.2, 0.25) is 0 Å². The van der Waals surface area contributed by atoms with E-state index in [1.54, 1.807) is 24.5 Å². The molecule has 0 aliphatic rings. The number of nitrogen functional groups attached to an aromatic ring is 1. The van der Waals surface area contributed by atoms with Crippen LogP contribution in [0.1, 0.15) is 5.76 Å². The molecule has 5 nitrogen and oxygen atoms in total. The molecule has 0 fully saturated rings. The number of nitrogens with zero attached hydrogens (tertiary/aromatic N) is 1. The minimum atomic E-state index is -0.181. The molecule has 0 aliphatic heterocycles. The van der Waals surface area contributed by atoms with Crippen molar-refractivity contribution in [2.75, 3.05) is 5.73 Å². The van der Waals surface area contributed by atoms with Gasteiger partial charge in [0.1, 0.15) is 5.76 Å². The smallest absolute Gasteiger partial charge is 0.259 e. The third-order valence-electron chi connectivity index (χ3n) is 2.64. The minimum absolute atomic E-state index is 0.181. The molecule has 0 radical (unpaired) electrons. The van der Waals surface area contributed by atoms with Crippen LogP contribution in [0, 0.1) is 0 Å². The maximum Gasteiger partial charge on any atom is 0.259 e. The van der Waals surface area contributed by atoms with E-state index >= 15 is 0 Å². The molecular formula is C13H11N3O2S. The first kappa shape index (κ1) is 11.9. The highest BCUT2D eigenvalue weighted by molar-refractivity contribution is 7.98. The Balaban J connectivity index is 1.93. The number of hydrogen-bond donors (Lipinski definition) is 2. The number of hydrogen-bond acceptors (Lipinski definition) is 5. The van der Waals surface area contributed by atoms with Gasteiger partial charge in [-0.15, -0.1) is 0 Å². The Morgan fingerprint density at radius 2 is 2.26 bits per heavy atom. The van der Waals surface area contributed by atoms with Gasteiger partial charge in [0, 0.05) is 5.69 Å². The fraction of sp³-hybridized carbons (Fsp3) is 0.0769. The second-order valence-electron chi connectivity index (χ2n) is 4.02. The van der Waals surface area contributed by atoms with Crippen molar-refractivity contribution in [1.29, 1.82) is 0 Å². The molecule has 0 bridgehead atoms. The molecule has 3 rings (SSSR count). The summed E-state index contributed by atoms with van der Waals surface area (Å²) in [5.41, 5.74) is 6.66. The SMILES string of the molecule is Nc1ccc2nc(SCc3ccco3)[nH]c(=O)c2c1. The highest BCUT2D eigenvalue weighted by Crippen LogP contribution is 2.20. The Hall–Kier alpha value is -2.21. The molecule has 0 saturated carbocycles. The van der Waals surface area contributed by atoms with E-state index in [1.807, 2.05) is 12.1 Å². The predicted octanol–water partition coefficient (Wildman–Crippen LogP) is 2.39. The Morgan fingerprint density at radius 1 is 1.37 bits per heavy atom. The van der Waals surface area contributed by atoms with Gasteiger partial charge in [0.15, 0.2) is 5.16 Å². The van der Waals surface area contributed by atoms with Crippen LogP contribution >= 0.6 is 11.8 Å². The van der Waals surface area contributed by atoms with Gasteiger partial charge in [-0.05, 0) is 30.3 Å². The number of fused-ring (bicyclic) bond motifs is 1. The molecule has 2 heterocycles. The topological polar surface area (TPSA) is 84.9 Å².